The topological polar surface area (TPSA) is 72.2 Å². The summed E-state index contributed by atoms with van der Waals surface area (Å²) in [5.41, 5.74) is 8.52. The SMILES string of the molecule is CCC(CC1(NC(=O)Cc2ccccc2-c2ccccc2)CCCCC1)C(N)=O. The van der Waals surface area contributed by atoms with Gasteiger partial charge in [-0.15, -0.1) is 0 Å². The first-order valence-corrected chi connectivity index (χ1v) is 10.8. The fourth-order valence-electron chi connectivity index (χ4n) is 4.61. The molecule has 1 atom stereocenters. The van der Waals surface area contributed by atoms with Crippen LogP contribution in [-0.4, -0.2) is 17.4 Å². The van der Waals surface area contributed by atoms with Crippen LogP contribution in [0.1, 0.15) is 57.4 Å². The van der Waals surface area contributed by atoms with Crippen molar-refractivity contribution < 1.29 is 9.59 Å². The van der Waals surface area contributed by atoms with Crippen molar-refractivity contribution >= 4 is 11.8 Å². The Morgan fingerprint density at radius 2 is 1.66 bits per heavy atom. The predicted octanol–water partition coefficient (Wildman–Crippen LogP) is 4.62. The minimum atomic E-state index is -0.313. The molecule has 154 valence electrons. The van der Waals surface area contributed by atoms with Gasteiger partial charge in [0.25, 0.3) is 0 Å². The van der Waals surface area contributed by atoms with Crippen molar-refractivity contribution in [3.63, 3.8) is 0 Å². The Kier molecular flexibility index (Phi) is 7.08. The zero-order chi connectivity index (χ0) is 20.7. The molecule has 1 saturated carbocycles. The number of amides is 2. The summed E-state index contributed by atoms with van der Waals surface area (Å²) in [7, 11) is 0. The van der Waals surface area contributed by atoms with Gasteiger partial charge in [0.05, 0.1) is 6.42 Å². The van der Waals surface area contributed by atoms with Gasteiger partial charge in [0.15, 0.2) is 0 Å². The van der Waals surface area contributed by atoms with E-state index in [1.54, 1.807) is 0 Å². The van der Waals surface area contributed by atoms with Crippen LogP contribution in [0.4, 0.5) is 0 Å². The maximum absolute atomic E-state index is 13.1. The molecule has 0 bridgehead atoms. The van der Waals surface area contributed by atoms with E-state index in [2.05, 4.69) is 23.5 Å². The van der Waals surface area contributed by atoms with Crippen molar-refractivity contribution in [1.82, 2.24) is 5.32 Å². The Morgan fingerprint density at radius 3 is 2.31 bits per heavy atom. The molecule has 2 aromatic carbocycles. The van der Waals surface area contributed by atoms with Gasteiger partial charge in [-0.1, -0.05) is 80.8 Å². The molecule has 1 fully saturated rings. The second kappa shape index (κ2) is 9.73. The number of benzene rings is 2. The van der Waals surface area contributed by atoms with Crippen LogP contribution in [0.5, 0.6) is 0 Å². The molecular formula is C25H32N2O2. The number of primary amides is 1. The van der Waals surface area contributed by atoms with Gasteiger partial charge in [0, 0.05) is 11.5 Å². The molecule has 4 nitrogen and oxygen atoms in total. The lowest BCUT2D eigenvalue weighted by Gasteiger charge is -2.40. The van der Waals surface area contributed by atoms with Crippen molar-refractivity contribution in [3.8, 4) is 11.1 Å². The number of carbonyl (C=O) groups excluding carboxylic acids is 2. The van der Waals surface area contributed by atoms with Gasteiger partial charge in [0.2, 0.25) is 11.8 Å². The Labute approximate surface area is 173 Å². The normalized spacial score (nSPS) is 16.7. The van der Waals surface area contributed by atoms with E-state index < -0.39 is 0 Å². The predicted molar refractivity (Wildman–Crippen MR) is 117 cm³/mol. The van der Waals surface area contributed by atoms with Crippen LogP contribution in [0.3, 0.4) is 0 Å². The second-order valence-electron chi connectivity index (χ2n) is 8.30. The van der Waals surface area contributed by atoms with Crippen LogP contribution in [0, 0.1) is 5.92 Å². The van der Waals surface area contributed by atoms with Crippen LogP contribution < -0.4 is 11.1 Å². The average Bonchev–Trinajstić information content (AvgIpc) is 2.73. The summed E-state index contributed by atoms with van der Waals surface area (Å²) in [5, 5.41) is 3.33. The summed E-state index contributed by atoms with van der Waals surface area (Å²) in [6.07, 6.45) is 6.87. The van der Waals surface area contributed by atoms with E-state index in [0.717, 1.165) is 42.4 Å². The van der Waals surface area contributed by atoms with E-state index in [1.807, 2.05) is 43.3 Å². The summed E-state index contributed by atoms with van der Waals surface area (Å²) in [5.74, 6) is -0.430. The summed E-state index contributed by atoms with van der Waals surface area (Å²) in [4.78, 5) is 24.9. The molecule has 29 heavy (non-hydrogen) atoms. The third-order valence-electron chi connectivity index (χ3n) is 6.20. The van der Waals surface area contributed by atoms with Crippen molar-refractivity contribution in [3.05, 3.63) is 60.2 Å². The molecule has 4 heteroatoms. The van der Waals surface area contributed by atoms with Crippen molar-refractivity contribution in [1.29, 1.82) is 0 Å². The summed E-state index contributed by atoms with van der Waals surface area (Å²) in [6.45, 7) is 1.99. The molecule has 1 unspecified atom stereocenters. The van der Waals surface area contributed by atoms with Crippen LogP contribution in [-0.2, 0) is 16.0 Å². The van der Waals surface area contributed by atoms with E-state index in [1.165, 1.54) is 6.42 Å². The molecule has 0 radical (unpaired) electrons. The lowest BCUT2D eigenvalue weighted by molar-refractivity contribution is -0.126. The summed E-state index contributed by atoms with van der Waals surface area (Å²) < 4.78 is 0. The molecule has 0 spiro atoms. The molecule has 3 rings (SSSR count). The molecule has 0 saturated heterocycles. The van der Waals surface area contributed by atoms with Crippen LogP contribution in [0.15, 0.2) is 54.6 Å². The number of rotatable bonds is 8. The third-order valence-corrected chi connectivity index (χ3v) is 6.20. The molecule has 2 amide bonds. The fraction of sp³-hybridized carbons (Fsp3) is 0.440. The van der Waals surface area contributed by atoms with Crippen molar-refractivity contribution in [2.24, 2.45) is 11.7 Å². The number of hydrogen-bond donors (Lipinski definition) is 2. The van der Waals surface area contributed by atoms with E-state index in [0.29, 0.717) is 19.3 Å². The number of nitrogens with two attached hydrogens (primary N) is 1. The molecule has 1 aliphatic rings. The van der Waals surface area contributed by atoms with Gasteiger partial charge in [0.1, 0.15) is 0 Å². The first-order chi connectivity index (χ1) is 14.0. The minimum absolute atomic E-state index is 0.0228. The van der Waals surface area contributed by atoms with Gasteiger partial charge in [-0.2, -0.15) is 0 Å². The van der Waals surface area contributed by atoms with Crippen molar-refractivity contribution in [2.75, 3.05) is 0 Å². The Morgan fingerprint density at radius 1 is 1.00 bits per heavy atom. The molecule has 0 aliphatic heterocycles. The zero-order valence-corrected chi connectivity index (χ0v) is 17.3. The first-order valence-electron chi connectivity index (χ1n) is 10.8. The number of carbonyl (C=O) groups is 2. The van der Waals surface area contributed by atoms with Gasteiger partial charge in [-0.05, 0) is 42.4 Å². The van der Waals surface area contributed by atoms with Crippen LogP contribution >= 0.6 is 0 Å². The van der Waals surface area contributed by atoms with Crippen LogP contribution in [0.2, 0.25) is 0 Å². The minimum Gasteiger partial charge on any atom is -0.369 e. The molecule has 0 heterocycles. The lowest BCUT2D eigenvalue weighted by Crippen LogP contribution is -2.52. The molecule has 0 aromatic heterocycles. The van der Waals surface area contributed by atoms with Crippen molar-refractivity contribution in [2.45, 2.75) is 63.8 Å². The standard InChI is InChI=1S/C25H32N2O2/c1-2-19(24(26)29)18-25(15-9-4-10-16-25)27-23(28)17-21-13-7-8-14-22(21)20-11-5-3-6-12-20/h3,5-8,11-14,19H,2,4,9-10,15-18H2,1H3,(H2,26,29)(H,27,28). The smallest absolute Gasteiger partial charge is 0.224 e. The van der Waals surface area contributed by atoms with Gasteiger partial charge in [-0.25, -0.2) is 0 Å². The molecule has 1 aliphatic carbocycles. The lowest BCUT2D eigenvalue weighted by atomic mass is 9.75. The van der Waals surface area contributed by atoms with E-state index >= 15 is 0 Å². The highest BCUT2D eigenvalue weighted by molar-refractivity contribution is 5.83. The quantitative estimate of drug-likeness (QED) is 0.688. The highest BCUT2D eigenvalue weighted by atomic mass is 16.2. The Balaban J connectivity index is 1.77. The number of nitrogens with one attached hydrogen (secondary N) is 1. The zero-order valence-electron chi connectivity index (χ0n) is 17.3. The molecule has 3 N–H and O–H groups in total. The fourth-order valence-corrected chi connectivity index (χ4v) is 4.61. The summed E-state index contributed by atoms with van der Waals surface area (Å²) >= 11 is 0. The number of hydrogen-bond acceptors (Lipinski definition) is 2. The van der Waals surface area contributed by atoms with E-state index in [-0.39, 0.29) is 23.3 Å². The van der Waals surface area contributed by atoms with E-state index in [4.69, 9.17) is 5.73 Å². The summed E-state index contributed by atoms with van der Waals surface area (Å²) in [6, 6.07) is 18.2. The van der Waals surface area contributed by atoms with E-state index in [9.17, 15) is 9.59 Å². The Bertz CT molecular complexity index is 826. The van der Waals surface area contributed by atoms with Gasteiger partial charge in [-0.3, -0.25) is 9.59 Å². The van der Waals surface area contributed by atoms with Gasteiger partial charge < -0.3 is 11.1 Å². The maximum atomic E-state index is 13.1. The maximum Gasteiger partial charge on any atom is 0.224 e. The molecule has 2 aromatic rings. The van der Waals surface area contributed by atoms with Crippen LogP contribution in [0.25, 0.3) is 11.1 Å². The largest absolute Gasteiger partial charge is 0.369 e. The highest BCUT2D eigenvalue weighted by Gasteiger charge is 2.36. The monoisotopic (exact) mass is 392 g/mol. The highest BCUT2D eigenvalue weighted by Crippen LogP contribution is 2.35. The van der Waals surface area contributed by atoms with Gasteiger partial charge >= 0.3 is 0 Å². The third kappa shape index (κ3) is 5.47. The molecular weight excluding hydrogens is 360 g/mol. The second-order valence-corrected chi connectivity index (χ2v) is 8.30. The first kappa shape index (κ1) is 21.1. The Hall–Kier alpha value is -2.62. The average molecular weight is 393 g/mol.